The van der Waals surface area contributed by atoms with E-state index in [0.29, 0.717) is 17.1 Å². The van der Waals surface area contributed by atoms with E-state index >= 15 is 0 Å². The maximum Gasteiger partial charge on any atom is 0.310 e. The standard InChI is InChI=1S/C19H17NO5/c1-12(21)20-15(13-5-3-2-4-6-13)10-18(22)25-19(20)14-7-8-16-17(9-14)24-11-23-16/h2-9,15,19H,10-11H2,1H3/t15-,19-/m0/s1. The van der Waals surface area contributed by atoms with Crippen molar-refractivity contribution in [2.24, 2.45) is 0 Å². The van der Waals surface area contributed by atoms with Gasteiger partial charge >= 0.3 is 5.97 Å². The Kier molecular flexibility index (Phi) is 3.80. The molecule has 6 nitrogen and oxygen atoms in total. The molecule has 0 unspecified atom stereocenters. The first-order valence-corrected chi connectivity index (χ1v) is 8.06. The fourth-order valence-electron chi connectivity index (χ4n) is 3.28. The van der Waals surface area contributed by atoms with Crippen molar-refractivity contribution >= 4 is 11.9 Å². The molecule has 2 aliphatic heterocycles. The van der Waals surface area contributed by atoms with E-state index in [1.165, 1.54) is 6.92 Å². The summed E-state index contributed by atoms with van der Waals surface area (Å²) in [6, 6.07) is 14.4. The number of rotatable bonds is 2. The summed E-state index contributed by atoms with van der Waals surface area (Å²) >= 11 is 0. The van der Waals surface area contributed by atoms with Gasteiger partial charge in [-0.2, -0.15) is 0 Å². The van der Waals surface area contributed by atoms with Crippen molar-refractivity contribution in [2.45, 2.75) is 25.6 Å². The molecular formula is C19H17NO5. The highest BCUT2D eigenvalue weighted by Crippen LogP contribution is 2.41. The Morgan fingerprint density at radius 1 is 1.04 bits per heavy atom. The highest BCUT2D eigenvalue weighted by atomic mass is 16.7. The minimum atomic E-state index is -0.793. The number of ether oxygens (including phenoxy) is 3. The molecule has 6 heteroatoms. The molecule has 2 aromatic rings. The summed E-state index contributed by atoms with van der Waals surface area (Å²) in [6.45, 7) is 1.64. The third-order valence-electron chi connectivity index (χ3n) is 4.42. The second-order valence-electron chi connectivity index (χ2n) is 6.01. The van der Waals surface area contributed by atoms with Crippen LogP contribution in [0.3, 0.4) is 0 Å². The van der Waals surface area contributed by atoms with Gasteiger partial charge in [0, 0.05) is 12.5 Å². The van der Waals surface area contributed by atoms with Crippen molar-refractivity contribution in [1.82, 2.24) is 4.90 Å². The molecule has 2 aromatic carbocycles. The Morgan fingerprint density at radius 3 is 2.56 bits per heavy atom. The van der Waals surface area contributed by atoms with Gasteiger partial charge in [-0.1, -0.05) is 30.3 Å². The van der Waals surface area contributed by atoms with E-state index in [-0.39, 0.29) is 31.1 Å². The average Bonchev–Trinajstić information content (AvgIpc) is 3.09. The van der Waals surface area contributed by atoms with Crippen LogP contribution >= 0.6 is 0 Å². The van der Waals surface area contributed by atoms with Crippen molar-refractivity contribution in [3.05, 3.63) is 59.7 Å². The zero-order valence-electron chi connectivity index (χ0n) is 13.7. The summed E-state index contributed by atoms with van der Waals surface area (Å²) in [5.74, 6) is 0.719. The fraction of sp³-hybridized carbons (Fsp3) is 0.263. The molecule has 2 aliphatic rings. The Labute approximate surface area is 144 Å². The maximum atomic E-state index is 12.4. The lowest BCUT2D eigenvalue weighted by atomic mass is 9.98. The third-order valence-corrected chi connectivity index (χ3v) is 4.42. The summed E-state index contributed by atoms with van der Waals surface area (Å²) in [4.78, 5) is 26.2. The minimum Gasteiger partial charge on any atom is -0.454 e. The van der Waals surface area contributed by atoms with Crippen LogP contribution in [0.4, 0.5) is 0 Å². The van der Waals surface area contributed by atoms with Crippen LogP contribution in [0.15, 0.2) is 48.5 Å². The van der Waals surface area contributed by atoms with Crippen LogP contribution in [-0.4, -0.2) is 23.6 Å². The number of nitrogens with zero attached hydrogens (tertiary/aromatic N) is 1. The molecule has 0 bridgehead atoms. The average molecular weight is 339 g/mol. The van der Waals surface area contributed by atoms with Gasteiger partial charge in [0.1, 0.15) is 0 Å². The van der Waals surface area contributed by atoms with Crippen molar-refractivity contribution in [2.75, 3.05) is 6.79 Å². The van der Waals surface area contributed by atoms with Gasteiger partial charge in [0.15, 0.2) is 11.5 Å². The molecule has 2 atom stereocenters. The number of esters is 1. The third kappa shape index (κ3) is 2.80. The van der Waals surface area contributed by atoms with Gasteiger partial charge in [0.05, 0.1) is 12.5 Å². The largest absolute Gasteiger partial charge is 0.454 e. The van der Waals surface area contributed by atoms with Crippen LogP contribution in [0.2, 0.25) is 0 Å². The zero-order chi connectivity index (χ0) is 17.4. The van der Waals surface area contributed by atoms with E-state index in [1.807, 2.05) is 30.3 Å². The van der Waals surface area contributed by atoms with E-state index in [4.69, 9.17) is 14.2 Å². The molecule has 128 valence electrons. The lowest BCUT2D eigenvalue weighted by molar-refractivity contribution is -0.183. The number of carbonyl (C=O) groups is 2. The molecule has 0 N–H and O–H groups in total. The Balaban J connectivity index is 1.75. The molecule has 0 saturated carbocycles. The summed E-state index contributed by atoms with van der Waals surface area (Å²) in [5.41, 5.74) is 1.58. The van der Waals surface area contributed by atoms with E-state index in [9.17, 15) is 9.59 Å². The highest BCUT2D eigenvalue weighted by molar-refractivity contribution is 5.79. The van der Waals surface area contributed by atoms with Gasteiger partial charge in [-0.15, -0.1) is 0 Å². The number of fused-ring (bicyclic) bond motifs is 1. The lowest BCUT2D eigenvalue weighted by Crippen LogP contribution is -2.44. The number of carbonyl (C=O) groups excluding carboxylic acids is 2. The quantitative estimate of drug-likeness (QED) is 0.787. The molecule has 2 heterocycles. The number of amides is 1. The van der Waals surface area contributed by atoms with Crippen molar-refractivity contribution < 1.29 is 23.8 Å². The molecule has 25 heavy (non-hydrogen) atoms. The molecule has 1 amide bonds. The van der Waals surface area contributed by atoms with Crippen LogP contribution in [0.25, 0.3) is 0 Å². The van der Waals surface area contributed by atoms with Crippen LogP contribution in [0, 0.1) is 0 Å². The predicted octanol–water partition coefficient (Wildman–Crippen LogP) is 2.95. The molecule has 1 fully saturated rings. The van der Waals surface area contributed by atoms with E-state index in [2.05, 4.69) is 0 Å². The minimum absolute atomic E-state index is 0.130. The van der Waals surface area contributed by atoms with Crippen molar-refractivity contribution in [3.63, 3.8) is 0 Å². The number of cyclic esters (lactones) is 1. The highest BCUT2D eigenvalue weighted by Gasteiger charge is 2.40. The summed E-state index contributed by atoms with van der Waals surface area (Å²) in [5, 5.41) is 0. The van der Waals surface area contributed by atoms with Crippen LogP contribution in [0.1, 0.15) is 36.7 Å². The maximum absolute atomic E-state index is 12.4. The predicted molar refractivity (Wildman–Crippen MR) is 87.7 cm³/mol. The first kappa shape index (κ1) is 15.5. The first-order chi connectivity index (χ1) is 12.1. The van der Waals surface area contributed by atoms with E-state index < -0.39 is 6.23 Å². The van der Waals surface area contributed by atoms with Crippen molar-refractivity contribution in [1.29, 1.82) is 0 Å². The molecule has 0 aromatic heterocycles. The van der Waals surface area contributed by atoms with E-state index in [0.717, 1.165) is 5.56 Å². The van der Waals surface area contributed by atoms with Crippen LogP contribution in [-0.2, 0) is 14.3 Å². The van der Waals surface area contributed by atoms with Crippen LogP contribution < -0.4 is 9.47 Å². The smallest absolute Gasteiger partial charge is 0.310 e. The number of hydrogen-bond donors (Lipinski definition) is 0. The first-order valence-electron chi connectivity index (χ1n) is 8.06. The Hall–Kier alpha value is -3.02. The molecule has 0 spiro atoms. The molecule has 4 rings (SSSR count). The van der Waals surface area contributed by atoms with Gasteiger partial charge < -0.3 is 14.2 Å². The topological polar surface area (TPSA) is 65.1 Å². The van der Waals surface area contributed by atoms with Crippen LogP contribution in [0.5, 0.6) is 11.5 Å². The van der Waals surface area contributed by atoms with Gasteiger partial charge in [-0.25, -0.2) is 0 Å². The molecule has 0 radical (unpaired) electrons. The molecular weight excluding hydrogens is 322 g/mol. The van der Waals surface area contributed by atoms with Gasteiger partial charge in [0.25, 0.3) is 0 Å². The summed E-state index contributed by atoms with van der Waals surface area (Å²) in [7, 11) is 0. The molecule has 1 saturated heterocycles. The second-order valence-corrected chi connectivity index (χ2v) is 6.01. The number of benzene rings is 2. The van der Waals surface area contributed by atoms with Gasteiger partial charge in [-0.3, -0.25) is 14.5 Å². The second kappa shape index (κ2) is 6.12. The summed E-state index contributed by atoms with van der Waals surface area (Å²) < 4.78 is 16.2. The fourth-order valence-corrected chi connectivity index (χ4v) is 3.28. The van der Waals surface area contributed by atoms with Crippen molar-refractivity contribution in [3.8, 4) is 11.5 Å². The SMILES string of the molecule is CC(=O)N1[C@H](c2ccccc2)CC(=O)O[C@H]1c1ccc2c(c1)OCO2. The monoisotopic (exact) mass is 339 g/mol. The normalized spacial score (nSPS) is 21.8. The lowest BCUT2D eigenvalue weighted by Gasteiger charge is -2.41. The Bertz CT molecular complexity index is 820. The zero-order valence-corrected chi connectivity index (χ0v) is 13.7. The van der Waals surface area contributed by atoms with Gasteiger partial charge in [-0.05, 0) is 23.8 Å². The molecule has 0 aliphatic carbocycles. The van der Waals surface area contributed by atoms with E-state index in [1.54, 1.807) is 23.1 Å². The van der Waals surface area contributed by atoms with Gasteiger partial charge in [0.2, 0.25) is 18.9 Å². The number of hydrogen-bond acceptors (Lipinski definition) is 5. The Morgan fingerprint density at radius 2 is 1.80 bits per heavy atom. The summed E-state index contributed by atoms with van der Waals surface area (Å²) in [6.07, 6.45) is -0.663.